The molecule has 32 heavy (non-hydrogen) atoms. The minimum Gasteiger partial charge on any atom is -0.355 e. The predicted molar refractivity (Wildman–Crippen MR) is 137 cm³/mol. The molecule has 0 radical (unpaired) electrons. The van der Waals surface area contributed by atoms with Crippen molar-refractivity contribution in [3.05, 3.63) is 0 Å². The summed E-state index contributed by atoms with van der Waals surface area (Å²) in [6.07, 6.45) is 4.91. The maximum absolute atomic E-state index is 5.04. The maximum Gasteiger partial charge on any atom is 0.227 e. The molecule has 168 valence electrons. The van der Waals surface area contributed by atoms with Gasteiger partial charge in [-0.3, -0.25) is 0 Å². The van der Waals surface area contributed by atoms with Gasteiger partial charge in [-0.2, -0.15) is 9.97 Å². The van der Waals surface area contributed by atoms with Crippen LogP contribution >= 0.6 is 22.7 Å². The van der Waals surface area contributed by atoms with Gasteiger partial charge >= 0.3 is 0 Å². The molecule has 4 aromatic rings. The third-order valence-corrected chi connectivity index (χ3v) is 8.79. The Kier molecular flexibility index (Phi) is 4.76. The first-order valence-corrected chi connectivity index (χ1v) is 12.9. The monoisotopic (exact) mass is 468 g/mol. The zero-order chi connectivity index (χ0) is 22.0. The molecule has 2 aliphatic rings. The number of anilines is 4. The molecule has 0 atom stereocenters. The Balaban J connectivity index is 1.67. The Labute approximate surface area is 195 Å². The molecule has 0 aliphatic carbocycles. The summed E-state index contributed by atoms with van der Waals surface area (Å²) in [6, 6.07) is 0. The fraction of sp³-hybridized carbons (Fsp3) is 0.545. The molecule has 0 bridgehead atoms. The molecule has 6 rings (SSSR count). The predicted octanol–water partition coefficient (Wildman–Crippen LogP) is 4.18. The van der Waals surface area contributed by atoms with Crippen LogP contribution in [0.25, 0.3) is 29.8 Å². The van der Waals surface area contributed by atoms with E-state index < -0.39 is 0 Å². The van der Waals surface area contributed by atoms with Crippen molar-refractivity contribution in [1.82, 2.24) is 19.9 Å². The molecule has 2 saturated heterocycles. The second-order valence-electron chi connectivity index (χ2n) is 9.09. The van der Waals surface area contributed by atoms with Crippen LogP contribution in [0.4, 0.5) is 23.5 Å². The second-order valence-corrected chi connectivity index (χ2v) is 11.4. The van der Waals surface area contributed by atoms with Gasteiger partial charge in [-0.15, -0.1) is 22.7 Å². The summed E-state index contributed by atoms with van der Waals surface area (Å²) < 4.78 is 3.65. The molecular formula is C22H28N8S2. The highest BCUT2D eigenvalue weighted by atomic mass is 32.2. The molecule has 4 aromatic heterocycles. The highest BCUT2D eigenvalue weighted by Gasteiger charge is 2.27. The van der Waals surface area contributed by atoms with Crippen molar-refractivity contribution in [1.29, 1.82) is 0 Å². The summed E-state index contributed by atoms with van der Waals surface area (Å²) >= 11 is 3.64. The van der Waals surface area contributed by atoms with Crippen LogP contribution in [-0.2, 0) is 0 Å². The fourth-order valence-corrected chi connectivity index (χ4v) is 7.33. The number of rotatable bonds is 4. The van der Waals surface area contributed by atoms with Crippen LogP contribution in [0, 0.1) is 0 Å². The molecule has 0 spiro atoms. The first-order valence-electron chi connectivity index (χ1n) is 11.3. The average molecular weight is 469 g/mol. The van der Waals surface area contributed by atoms with Gasteiger partial charge in [-0.05, 0) is 25.7 Å². The van der Waals surface area contributed by atoms with Gasteiger partial charge < -0.3 is 19.6 Å². The van der Waals surface area contributed by atoms with E-state index in [2.05, 4.69) is 9.80 Å². The van der Waals surface area contributed by atoms with E-state index in [4.69, 9.17) is 19.9 Å². The third-order valence-electron chi connectivity index (χ3n) is 6.35. The van der Waals surface area contributed by atoms with E-state index >= 15 is 0 Å². The van der Waals surface area contributed by atoms with Gasteiger partial charge in [-0.1, -0.05) is 0 Å². The highest BCUT2D eigenvalue weighted by molar-refractivity contribution is 7.45. The van der Waals surface area contributed by atoms with Gasteiger partial charge in [-0.25, -0.2) is 9.97 Å². The first kappa shape index (κ1) is 20.2. The molecule has 10 heteroatoms. The summed E-state index contributed by atoms with van der Waals surface area (Å²) in [7, 11) is 8.06. The molecule has 0 N–H and O–H groups in total. The molecule has 8 nitrogen and oxygen atoms in total. The Morgan fingerprint density at radius 1 is 0.625 bits per heavy atom. The summed E-state index contributed by atoms with van der Waals surface area (Å²) in [6.45, 7) is 4.27. The number of thiophene rings is 2. The van der Waals surface area contributed by atoms with Crippen LogP contribution in [0.5, 0.6) is 0 Å². The highest BCUT2D eigenvalue weighted by Crippen LogP contribution is 2.48. The van der Waals surface area contributed by atoms with Gasteiger partial charge in [0.05, 0.1) is 29.8 Å². The standard InChI is InChI=1S/C22H28N8S2/c1-27(2)21-23-14-13-15-17(19(30-11-7-8-12-30)26-22(24-15)28(3)4)32-20(13)31-16(14)18(25-21)29-9-5-6-10-29/h5-12H2,1-4H3. The van der Waals surface area contributed by atoms with Crippen molar-refractivity contribution >= 4 is 76.0 Å². The van der Waals surface area contributed by atoms with E-state index in [0.29, 0.717) is 0 Å². The molecule has 0 unspecified atom stereocenters. The summed E-state index contributed by atoms with van der Waals surface area (Å²) in [5.41, 5.74) is 2.07. The smallest absolute Gasteiger partial charge is 0.227 e. The van der Waals surface area contributed by atoms with Gasteiger partial charge in [0, 0.05) is 54.4 Å². The van der Waals surface area contributed by atoms with Gasteiger partial charge in [0.25, 0.3) is 0 Å². The molecule has 2 aliphatic heterocycles. The Morgan fingerprint density at radius 3 is 1.41 bits per heavy atom. The summed E-state index contributed by atoms with van der Waals surface area (Å²) in [5.74, 6) is 3.69. The van der Waals surface area contributed by atoms with Crippen LogP contribution in [0.3, 0.4) is 0 Å². The SMILES string of the molecule is CN(C)c1nc(N2CCCC2)c2sc3sc4c(N5CCCC5)nc(N(C)C)nc4c3c2n1. The lowest BCUT2D eigenvalue weighted by atomic mass is 10.2. The van der Waals surface area contributed by atoms with Crippen LogP contribution in [0.15, 0.2) is 0 Å². The Hall–Kier alpha value is -2.46. The first-order chi connectivity index (χ1) is 15.5. The zero-order valence-corrected chi connectivity index (χ0v) is 20.7. The van der Waals surface area contributed by atoms with Crippen LogP contribution in [0.2, 0.25) is 0 Å². The lowest BCUT2D eigenvalue weighted by Gasteiger charge is -2.20. The number of fused-ring (bicyclic) bond motifs is 5. The minimum atomic E-state index is 0.764. The third kappa shape index (κ3) is 3.07. The van der Waals surface area contributed by atoms with Gasteiger partial charge in [0.15, 0.2) is 11.6 Å². The summed E-state index contributed by atoms with van der Waals surface area (Å²) in [5, 5.41) is 1.17. The lowest BCUT2D eigenvalue weighted by molar-refractivity contribution is 0.924. The number of hydrogen-bond donors (Lipinski definition) is 0. The molecule has 0 aromatic carbocycles. The van der Waals surface area contributed by atoms with E-state index in [1.165, 1.54) is 44.5 Å². The van der Waals surface area contributed by atoms with Crippen LogP contribution < -0.4 is 19.6 Å². The lowest BCUT2D eigenvalue weighted by Crippen LogP contribution is -2.21. The zero-order valence-electron chi connectivity index (χ0n) is 19.1. The van der Waals surface area contributed by atoms with E-state index in [1.54, 1.807) is 0 Å². The van der Waals surface area contributed by atoms with E-state index in [1.807, 2.05) is 60.7 Å². The van der Waals surface area contributed by atoms with Crippen molar-refractivity contribution in [2.75, 3.05) is 74.0 Å². The van der Waals surface area contributed by atoms with Crippen LogP contribution in [0.1, 0.15) is 25.7 Å². The molecule has 0 saturated carbocycles. The van der Waals surface area contributed by atoms with Crippen LogP contribution in [-0.4, -0.2) is 74.3 Å². The number of nitrogens with zero attached hydrogens (tertiary/aromatic N) is 8. The Bertz CT molecular complexity index is 1220. The van der Waals surface area contributed by atoms with Crippen molar-refractivity contribution in [2.45, 2.75) is 25.7 Å². The molecular weight excluding hydrogens is 440 g/mol. The number of hydrogen-bond acceptors (Lipinski definition) is 10. The van der Waals surface area contributed by atoms with E-state index in [0.717, 1.165) is 60.7 Å². The van der Waals surface area contributed by atoms with Crippen molar-refractivity contribution in [2.24, 2.45) is 0 Å². The topological polar surface area (TPSA) is 64.5 Å². The maximum atomic E-state index is 5.04. The number of aromatic nitrogens is 4. The quantitative estimate of drug-likeness (QED) is 0.442. The van der Waals surface area contributed by atoms with Crippen molar-refractivity contribution in [3.8, 4) is 0 Å². The van der Waals surface area contributed by atoms with Crippen molar-refractivity contribution < 1.29 is 0 Å². The molecule has 2 fully saturated rings. The van der Waals surface area contributed by atoms with E-state index in [9.17, 15) is 0 Å². The normalized spacial score (nSPS) is 16.9. The molecule has 0 amide bonds. The van der Waals surface area contributed by atoms with E-state index in [-0.39, 0.29) is 0 Å². The minimum absolute atomic E-state index is 0.764. The summed E-state index contributed by atoms with van der Waals surface area (Å²) in [4.78, 5) is 28.9. The average Bonchev–Trinajstić information content (AvgIpc) is 3.56. The van der Waals surface area contributed by atoms with Gasteiger partial charge in [0.2, 0.25) is 11.9 Å². The fourth-order valence-electron chi connectivity index (χ4n) is 4.68. The van der Waals surface area contributed by atoms with Crippen molar-refractivity contribution in [3.63, 3.8) is 0 Å². The van der Waals surface area contributed by atoms with Gasteiger partial charge in [0.1, 0.15) is 0 Å². The Morgan fingerprint density at radius 2 is 1.03 bits per heavy atom. The molecule has 6 heterocycles. The second kappa shape index (κ2) is 7.55. The largest absolute Gasteiger partial charge is 0.355 e.